The van der Waals surface area contributed by atoms with Crippen LogP contribution in [0.1, 0.15) is 117 Å². The highest BCUT2D eigenvalue weighted by atomic mass is 16.2. The average Bonchev–Trinajstić information content (AvgIpc) is 2.50. The van der Waals surface area contributed by atoms with E-state index in [1.165, 1.54) is 96.3 Å². The molecule has 0 saturated heterocycles. The highest BCUT2D eigenvalue weighted by molar-refractivity contribution is 4.61. The maximum absolute atomic E-state index is 9.05. The van der Waals surface area contributed by atoms with Gasteiger partial charge >= 0.3 is 0 Å². The van der Waals surface area contributed by atoms with Crippen LogP contribution in [-0.2, 0) is 0 Å². The fraction of sp³-hybridized carbons (Fsp3) is 1.00. The van der Waals surface area contributed by atoms with E-state index in [0.29, 0.717) is 6.61 Å². The molecule has 0 aromatic heterocycles. The van der Waals surface area contributed by atoms with Crippen molar-refractivity contribution in [2.75, 3.05) is 6.61 Å². The highest BCUT2D eigenvalue weighted by Crippen LogP contribution is 2.23. The third kappa shape index (κ3) is 16.2. The summed E-state index contributed by atoms with van der Waals surface area (Å²) in [4.78, 5) is 0. The molecule has 0 radical (unpaired) electrons. The Morgan fingerprint density at radius 3 is 1.33 bits per heavy atom. The van der Waals surface area contributed by atoms with Gasteiger partial charge in [-0.25, -0.2) is 0 Å². The zero-order valence-electron chi connectivity index (χ0n) is 15.0. The molecule has 0 bridgehead atoms. The van der Waals surface area contributed by atoms with Gasteiger partial charge in [0, 0.05) is 6.61 Å². The summed E-state index contributed by atoms with van der Waals surface area (Å²) in [5, 5.41) is 9.05. The van der Waals surface area contributed by atoms with Crippen molar-refractivity contribution in [1.29, 1.82) is 0 Å². The van der Waals surface area contributed by atoms with Crippen molar-refractivity contribution < 1.29 is 5.11 Å². The molecule has 0 spiro atoms. The van der Waals surface area contributed by atoms with Crippen LogP contribution in [0.15, 0.2) is 0 Å². The van der Waals surface area contributed by atoms with E-state index in [9.17, 15) is 0 Å². The molecular formula is C20H42O. The Hall–Kier alpha value is -0.0400. The summed E-state index contributed by atoms with van der Waals surface area (Å²) in [7, 11) is 0. The van der Waals surface area contributed by atoms with Gasteiger partial charge in [-0.05, 0) is 18.8 Å². The van der Waals surface area contributed by atoms with Gasteiger partial charge in [-0.2, -0.15) is 0 Å². The van der Waals surface area contributed by atoms with E-state index in [-0.39, 0.29) is 0 Å². The lowest BCUT2D eigenvalue weighted by molar-refractivity contribution is 0.261. The van der Waals surface area contributed by atoms with Crippen molar-refractivity contribution in [3.8, 4) is 0 Å². The summed E-state index contributed by atoms with van der Waals surface area (Å²) >= 11 is 0. The molecule has 1 heteroatoms. The minimum atomic E-state index is 0.378. The molecule has 0 aromatic rings. The van der Waals surface area contributed by atoms with Gasteiger partial charge in [0.1, 0.15) is 0 Å². The minimum Gasteiger partial charge on any atom is -0.396 e. The van der Waals surface area contributed by atoms with Gasteiger partial charge in [0.2, 0.25) is 0 Å². The van der Waals surface area contributed by atoms with Gasteiger partial charge in [0.25, 0.3) is 0 Å². The summed E-state index contributed by atoms with van der Waals surface area (Å²) in [5.41, 5.74) is 0. The lowest BCUT2D eigenvalue weighted by atomic mass is 9.90. The van der Waals surface area contributed by atoms with Crippen molar-refractivity contribution in [1.82, 2.24) is 0 Å². The molecule has 0 atom stereocenters. The summed E-state index contributed by atoms with van der Waals surface area (Å²) in [6.45, 7) is 4.94. The molecule has 0 heterocycles. The molecule has 1 N–H and O–H groups in total. The van der Waals surface area contributed by atoms with Crippen LogP contribution in [0.25, 0.3) is 0 Å². The maximum Gasteiger partial charge on any atom is 0.0431 e. The van der Waals surface area contributed by atoms with Crippen LogP contribution in [0.2, 0.25) is 0 Å². The van der Waals surface area contributed by atoms with Gasteiger partial charge in [-0.1, -0.05) is 104 Å². The van der Waals surface area contributed by atoms with Gasteiger partial charge in [-0.3, -0.25) is 0 Å². The minimum absolute atomic E-state index is 0.378. The highest BCUT2D eigenvalue weighted by Gasteiger charge is 2.08. The van der Waals surface area contributed by atoms with Crippen LogP contribution in [0.5, 0.6) is 0 Å². The number of hydrogen-bond acceptors (Lipinski definition) is 1. The molecule has 0 rings (SSSR count). The Labute approximate surface area is 134 Å². The van der Waals surface area contributed by atoms with Crippen LogP contribution in [0.4, 0.5) is 0 Å². The fourth-order valence-electron chi connectivity index (χ4n) is 3.24. The van der Waals surface area contributed by atoms with E-state index >= 15 is 0 Å². The second-order valence-electron chi connectivity index (χ2n) is 6.84. The SMILES string of the molecule is CCCCCCCCC(CCCO)CCCCCCCC. The molecule has 0 aliphatic rings. The van der Waals surface area contributed by atoms with Crippen molar-refractivity contribution in [2.45, 2.75) is 117 Å². The van der Waals surface area contributed by atoms with Crippen molar-refractivity contribution in [3.05, 3.63) is 0 Å². The van der Waals surface area contributed by atoms with E-state index in [2.05, 4.69) is 13.8 Å². The zero-order valence-corrected chi connectivity index (χ0v) is 15.0. The van der Waals surface area contributed by atoms with E-state index in [4.69, 9.17) is 5.11 Å². The summed E-state index contributed by atoms with van der Waals surface area (Å²) < 4.78 is 0. The lowest BCUT2D eigenvalue weighted by Crippen LogP contribution is -2.02. The first-order valence-electron chi connectivity index (χ1n) is 9.96. The summed E-state index contributed by atoms with van der Waals surface area (Å²) in [6.07, 6.45) is 22.0. The van der Waals surface area contributed by atoms with Crippen LogP contribution >= 0.6 is 0 Å². The number of rotatable bonds is 17. The molecule has 21 heavy (non-hydrogen) atoms. The number of aliphatic hydroxyl groups excluding tert-OH is 1. The third-order valence-corrected chi connectivity index (χ3v) is 4.70. The number of hydrogen-bond donors (Lipinski definition) is 1. The Bertz CT molecular complexity index is 163. The molecule has 0 saturated carbocycles. The average molecular weight is 299 g/mol. The Balaban J connectivity index is 3.56. The van der Waals surface area contributed by atoms with Crippen LogP contribution in [0, 0.1) is 5.92 Å². The molecule has 0 aliphatic heterocycles. The first-order chi connectivity index (χ1) is 10.3. The molecule has 128 valence electrons. The smallest absolute Gasteiger partial charge is 0.0431 e. The van der Waals surface area contributed by atoms with Crippen molar-refractivity contribution >= 4 is 0 Å². The second kappa shape index (κ2) is 18.0. The van der Waals surface area contributed by atoms with Gasteiger partial charge in [-0.15, -0.1) is 0 Å². The van der Waals surface area contributed by atoms with E-state index in [1.54, 1.807) is 0 Å². The molecular weight excluding hydrogens is 256 g/mol. The van der Waals surface area contributed by atoms with Crippen LogP contribution in [0.3, 0.4) is 0 Å². The normalized spacial score (nSPS) is 11.4. The van der Waals surface area contributed by atoms with E-state index < -0.39 is 0 Å². The van der Waals surface area contributed by atoms with E-state index in [0.717, 1.165) is 12.3 Å². The van der Waals surface area contributed by atoms with Gasteiger partial charge in [0.15, 0.2) is 0 Å². The molecule has 0 unspecified atom stereocenters. The Morgan fingerprint density at radius 2 is 0.905 bits per heavy atom. The fourth-order valence-corrected chi connectivity index (χ4v) is 3.24. The molecule has 0 amide bonds. The van der Waals surface area contributed by atoms with Crippen LogP contribution < -0.4 is 0 Å². The predicted octanol–water partition coefficient (Wildman–Crippen LogP) is 6.88. The zero-order chi connectivity index (χ0) is 15.6. The first kappa shape index (κ1) is 21.0. The Kier molecular flexibility index (Phi) is 18.0. The van der Waals surface area contributed by atoms with Crippen molar-refractivity contribution in [2.24, 2.45) is 5.92 Å². The third-order valence-electron chi connectivity index (χ3n) is 4.70. The molecule has 1 nitrogen and oxygen atoms in total. The first-order valence-corrected chi connectivity index (χ1v) is 9.96. The predicted molar refractivity (Wildman–Crippen MR) is 95.8 cm³/mol. The summed E-state index contributed by atoms with van der Waals surface area (Å²) in [5.74, 6) is 0.884. The Morgan fingerprint density at radius 1 is 0.524 bits per heavy atom. The quantitative estimate of drug-likeness (QED) is 0.290. The molecule has 0 fully saturated rings. The van der Waals surface area contributed by atoms with E-state index in [1.807, 2.05) is 0 Å². The largest absolute Gasteiger partial charge is 0.396 e. The number of unbranched alkanes of at least 4 members (excludes halogenated alkanes) is 10. The second-order valence-corrected chi connectivity index (χ2v) is 6.84. The topological polar surface area (TPSA) is 20.2 Å². The maximum atomic E-state index is 9.05. The van der Waals surface area contributed by atoms with Crippen LogP contribution in [-0.4, -0.2) is 11.7 Å². The molecule has 0 aromatic carbocycles. The van der Waals surface area contributed by atoms with Crippen molar-refractivity contribution in [3.63, 3.8) is 0 Å². The monoisotopic (exact) mass is 298 g/mol. The molecule has 0 aliphatic carbocycles. The lowest BCUT2D eigenvalue weighted by Gasteiger charge is -2.16. The summed E-state index contributed by atoms with van der Waals surface area (Å²) in [6, 6.07) is 0. The van der Waals surface area contributed by atoms with Gasteiger partial charge < -0.3 is 5.11 Å². The van der Waals surface area contributed by atoms with Gasteiger partial charge in [0.05, 0.1) is 0 Å². The standard InChI is InChI=1S/C20H42O/c1-3-5-7-9-11-13-16-20(18-15-19-21)17-14-12-10-8-6-4-2/h20-21H,3-19H2,1-2H3. The number of aliphatic hydroxyl groups is 1.